The van der Waals surface area contributed by atoms with Crippen molar-refractivity contribution in [2.75, 3.05) is 0 Å². The van der Waals surface area contributed by atoms with E-state index in [1.807, 2.05) is 24.4 Å². The minimum atomic E-state index is -0.725. The molecule has 0 fully saturated rings. The Morgan fingerprint density at radius 3 is 1.78 bits per heavy atom. The third-order valence-electron chi connectivity index (χ3n) is 11.4. The van der Waals surface area contributed by atoms with E-state index >= 15 is 0 Å². The summed E-state index contributed by atoms with van der Waals surface area (Å²) in [4.78, 5) is 10.7. The third-order valence-corrected chi connectivity index (χ3v) is 11.4. The summed E-state index contributed by atoms with van der Waals surface area (Å²) in [7, 11) is 0. The number of hydrogen-bond donors (Lipinski definition) is 1. The van der Waals surface area contributed by atoms with Crippen LogP contribution in [-0.4, -0.2) is 19.6 Å². The summed E-state index contributed by atoms with van der Waals surface area (Å²) in [6, 6.07) is 59.6. The van der Waals surface area contributed by atoms with Gasteiger partial charge in [-0.25, -0.2) is 0 Å². The molecule has 1 N–H and O–H groups in total. The summed E-state index contributed by atoms with van der Waals surface area (Å²) >= 11 is 0. The molecule has 1 aliphatic rings. The van der Waals surface area contributed by atoms with Crippen LogP contribution in [-0.2, 0) is 10.8 Å². The van der Waals surface area contributed by atoms with Crippen molar-refractivity contribution in [1.82, 2.24) is 14.5 Å². The number of fused-ring (bicyclic) bond motifs is 6. The molecule has 55 heavy (non-hydrogen) atoms. The Morgan fingerprint density at radius 2 is 1.13 bits per heavy atom. The summed E-state index contributed by atoms with van der Waals surface area (Å²) in [5.74, 6) is 0.244. The van der Waals surface area contributed by atoms with Crippen molar-refractivity contribution >= 4 is 21.8 Å². The maximum Gasteiger partial charge on any atom is 0.123 e. The van der Waals surface area contributed by atoms with Crippen LogP contribution in [0.3, 0.4) is 0 Å². The first-order valence-electron chi connectivity index (χ1n) is 18.9. The molecular formula is C51H39N3O. The van der Waals surface area contributed by atoms with Gasteiger partial charge in [0.25, 0.3) is 0 Å². The first-order valence-corrected chi connectivity index (χ1v) is 18.9. The lowest BCUT2D eigenvalue weighted by molar-refractivity contribution is 0.476. The molecule has 0 saturated carbocycles. The average Bonchev–Trinajstić information content (AvgIpc) is 3.72. The second kappa shape index (κ2) is 12.4. The van der Waals surface area contributed by atoms with E-state index in [4.69, 9.17) is 9.97 Å². The van der Waals surface area contributed by atoms with Gasteiger partial charge in [0.2, 0.25) is 0 Å². The maximum absolute atomic E-state index is 11.5. The number of rotatable bonds is 5. The van der Waals surface area contributed by atoms with Crippen LogP contribution < -0.4 is 0 Å². The van der Waals surface area contributed by atoms with Crippen molar-refractivity contribution in [2.45, 2.75) is 31.6 Å². The normalized spacial score (nSPS) is 13.2. The Kier molecular flexibility index (Phi) is 7.40. The average molecular weight is 710 g/mol. The molecule has 1 aliphatic carbocycles. The van der Waals surface area contributed by atoms with Gasteiger partial charge in [0, 0.05) is 33.8 Å². The van der Waals surface area contributed by atoms with E-state index in [1.165, 1.54) is 33.0 Å². The van der Waals surface area contributed by atoms with Crippen LogP contribution in [0.25, 0.3) is 61.0 Å². The second-order valence-corrected chi connectivity index (χ2v) is 15.6. The standard InChI is InChI=1S/C51H39N3O/c1-50(2,3)35-26-27-47(55)41(32-35)33-29-34(31-36(30-33)54-45-22-10-6-17-39(45)40-18-7-11-23-46(40)54)44-21-14-25-49(53-44)51(48-24-12-13-28-52-48)42-19-8-4-15-37(42)38-16-5-9-20-43(38)51/h4-32,55H,1-3H3. The van der Waals surface area contributed by atoms with Gasteiger partial charge in [-0.2, -0.15) is 0 Å². The Balaban J connectivity index is 1.26. The summed E-state index contributed by atoms with van der Waals surface area (Å²) in [5, 5.41) is 13.9. The van der Waals surface area contributed by atoms with Gasteiger partial charge < -0.3 is 9.67 Å². The number of aromatic hydroxyl groups is 1. The molecule has 0 unspecified atom stereocenters. The largest absolute Gasteiger partial charge is 0.507 e. The molecule has 264 valence electrons. The minimum absolute atomic E-state index is 0.0979. The van der Waals surface area contributed by atoms with Crippen LogP contribution in [0.15, 0.2) is 176 Å². The minimum Gasteiger partial charge on any atom is -0.507 e. The maximum atomic E-state index is 11.5. The van der Waals surface area contributed by atoms with Crippen LogP contribution in [0, 0.1) is 0 Å². The van der Waals surface area contributed by atoms with E-state index in [1.54, 1.807) is 0 Å². The van der Waals surface area contributed by atoms with Gasteiger partial charge in [-0.15, -0.1) is 0 Å². The SMILES string of the molecule is CC(C)(C)c1ccc(O)c(-c2cc(-c3cccc(C4(c5ccccn5)c5ccccc5-c5ccccc54)n3)cc(-n3c4ccccc4c4ccccc43)c2)c1. The number of phenolic OH excluding ortho intramolecular Hbond substituents is 1. The molecule has 10 rings (SSSR count). The lowest BCUT2D eigenvalue weighted by atomic mass is 9.72. The van der Waals surface area contributed by atoms with Crippen LogP contribution in [0.5, 0.6) is 5.75 Å². The van der Waals surface area contributed by atoms with Crippen LogP contribution in [0.4, 0.5) is 0 Å². The van der Waals surface area contributed by atoms with Crippen molar-refractivity contribution in [3.63, 3.8) is 0 Å². The molecule has 4 heteroatoms. The summed E-state index contributed by atoms with van der Waals surface area (Å²) in [6.45, 7) is 6.61. The fourth-order valence-corrected chi connectivity index (χ4v) is 8.79. The monoisotopic (exact) mass is 709 g/mol. The zero-order valence-electron chi connectivity index (χ0n) is 31.0. The van der Waals surface area contributed by atoms with E-state index in [2.05, 4.69) is 177 Å². The van der Waals surface area contributed by atoms with Gasteiger partial charge >= 0.3 is 0 Å². The molecular weight excluding hydrogens is 671 g/mol. The molecule has 0 aliphatic heterocycles. The highest BCUT2D eigenvalue weighted by atomic mass is 16.3. The van der Waals surface area contributed by atoms with Gasteiger partial charge in [0.05, 0.1) is 28.1 Å². The van der Waals surface area contributed by atoms with E-state index in [0.717, 1.165) is 56.1 Å². The van der Waals surface area contributed by atoms with E-state index in [-0.39, 0.29) is 11.2 Å². The first kappa shape index (κ1) is 32.8. The highest BCUT2D eigenvalue weighted by molar-refractivity contribution is 6.09. The van der Waals surface area contributed by atoms with Gasteiger partial charge in [0.15, 0.2) is 0 Å². The predicted octanol–water partition coefficient (Wildman–Crippen LogP) is 12.3. The van der Waals surface area contributed by atoms with Gasteiger partial charge in [-0.1, -0.05) is 124 Å². The molecule has 4 nitrogen and oxygen atoms in total. The van der Waals surface area contributed by atoms with Gasteiger partial charge in [0.1, 0.15) is 11.2 Å². The molecule has 9 aromatic rings. The molecule has 0 saturated heterocycles. The van der Waals surface area contributed by atoms with E-state index < -0.39 is 5.41 Å². The molecule has 0 bridgehead atoms. The van der Waals surface area contributed by atoms with Crippen molar-refractivity contribution in [3.05, 3.63) is 204 Å². The van der Waals surface area contributed by atoms with Crippen molar-refractivity contribution in [1.29, 1.82) is 0 Å². The van der Waals surface area contributed by atoms with E-state index in [0.29, 0.717) is 0 Å². The van der Waals surface area contributed by atoms with Crippen LogP contribution in [0.2, 0.25) is 0 Å². The Morgan fingerprint density at radius 1 is 0.527 bits per heavy atom. The van der Waals surface area contributed by atoms with Gasteiger partial charge in [-0.05, 0) is 106 Å². The first-order chi connectivity index (χ1) is 26.8. The van der Waals surface area contributed by atoms with Crippen LogP contribution in [0.1, 0.15) is 48.8 Å². The van der Waals surface area contributed by atoms with E-state index in [9.17, 15) is 5.11 Å². The zero-order chi connectivity index (χ0) is 37.3. The topological polar surface area (TPSA) is 50.9 Å². The van der Waals surface area contributed by atoms with Crippen molar-refractivity contribution in [3.8, 4) is 44.9 Å². The number of nitrogens with zero attached hydrogens (tertiary/aromatic N) is 3. The Labute approximate surface area is 321 Å². The fourth-order valence-electron chi connectivity index (χ4n) is 8.79. The van der Waals surface area contributed by atoms with Gasteiger partial charge in [-0.3, -0.25) is 9.97 Å². The summed E-state index contributed by atoms with van der Waals surface area (Å²) in [5.41, 5.74) is 13.6. The van der Waals surface area contributed by atoms with Crippen LogP contribution >= 0.6 is 0 Å². The molecule has 0 radical (unpaired) electrons. The summed E-state index contributed by atoms with van der Waals surface area (Å²) in [6.07, 6.45) is 1.88. The molecule has 3 heterocycles. The number of aromatic nitrogens is 3. The van der Waals surface area contributed by atoms with Crippen molar-refractivity contribution < 1.29 is 5.11 Å². The number of phenols is 1. The molecule has 0 atom stereocenters. The lowest BCUT2D eigenvalue weighted by Crippen LogP contribution is -2.31. The lowest BCUT2D eigenvalue weighted by Gasteiger charge is -2.31. The van der Waals surface area contributed by atoms with Crippen molar-refractivity contribution in [2.24, 2.45) is 0 Å². The smallest absolute Gasteiger partial charge is 0.123 e. The molecule has 0 amide bonds. The molecule has 3 aromatic heterocycles. The third kappa shape index (κ3) is 5.05. The Bertz CT molecular complexity index is 2830. The molecule has 6 aromatic carbocycles. The quantitative estimate of drug-likeness (QED) is 0.194. The summed E-state index contributed by atoms with van der Waals surface area (Å²) < 4.78 is 2.34. The molecule has 0 spiro atoms. The predicted molar refractivity (Wildman–Crippen MR) is 225 cm³/mol. The highest BCUT2D eigenvalue weighted by Gasteiger charge is 2.48. The zero-order valence-corrected chi connectivity index (χ0v) is 31.0. The number of benzene rings is 6. The number of pyridine rings is 2. The highest BCUT2D eigenvalue weighted by Crippen LogP contribution is 2.55. The second-order valence-electron chi connectivity index (χ2n) is 15.6. The number of para-hydroxylation sites is 2. The number of hydrogen-bond acceptors (Lipinski definition) is 3. The fraction of sp³-hybridized carbons (Fsp3) is 0.0980. The Hall–Kier alpha value is -6.78.